The van der Waals surface area contributed by atoms with Crippen molar-refractivity contribution in [1.82, 2.24) is 0 Å². The summed E-state index contributed by atoms with van der Waals surface area (Å²) in [5.74, 6) is -0.912. The number of carboxylic acids is 1. The van der Waals surface area contributed by atoms with Gasteiger partial charge < -0.3 is 10.8 Å². The van der Waals surface area contributed by atoms with Crippen LogP contribution in [0, 0.1) is 0 Å². The minimum atomic E-state index is -0.912. The van der Waals surface area contributed by atoms with E-state index in [9.17, 15) is 4.79 Å². The fourth-order valence-corrected chi connectivity index (χ4v) is 0.746. The van der Waals surface area contributed by atoms with Gasteiger partial charge in [-0.1, -0.05) is 12.2 Å². The van der Waals surface area contributed by atoms with E-state index in [2.05, 4.69) is 0 Å². The number of carbonyl (C=O) groups is 1. The highest BCUT2D eigenvalue weighted by atomic mass is 16.4. The quantitative estimate of drug-likeness (QED) is 0.464. The molecule has 0 saturated heterocycles. The van der Waals surface area contributed by atoms with Crippen LogP contribution in [0.2, 0.25) is 0 Å². The third-order valence-corrected chi connectivity index (χ3v) is 1.44. The number of hydrogen-bond acceptors (Lipinski definition) is 2. The summed E-state index contributed by atoms with van der Waals surface area (Å²) >= 11 is 0. The molecule has 0 aromatic carbocycles. The van der Waals surface area contributed by atoms with Crippen LogP contribution in [0.1, 0.15) is 26.2 Å². The Morgan fingerprint density at radius 3 is 2.82 bits per heavy atom. The third kappa shape index (κ3) is 5.61. The van der Waals surface area contributed by atoms with E-state index in [0.29, 0.717) is 6.42 Å². The second kappa shape index (κ2) is 5.92. The molecule has 0 aliphatic rings. The van der Waals surface area contributed by atoms with E-state index in [1.165, 1.54) is 0 Å². The largest absolute Gasteiger partial charge is 0.480 e. The van der Waals surface area contributed by atoms with Crippen LogP contribution < -0.4 is 5.73 Å². The lowest BCUT2D eigenvalue weighted by atomic mass is 10.1. The van der Waals surface area contributed by atoms with Gasteiger partial charge in [0.25, 0.3) is 0 Å². The van der Waals surface area contributed by atoms with Gasteiger partial charge in [0.1, 0.15) is 6.04 Å². The molecule has 0 aromatic heterocycles. The molecule has 64 valence electrons. The summed E-state index contributed by atoms with van der Waals surface area (Å²) in [6.07, 6.45) is 6.27. The lowest BCUT2D eigenvalue weighted by molar-refractivity contribution is -0.138. The first-order chi connectivity index (χ1) is 5.18. The maximum Gasteiger partial charge on any atom is 0.320 e. The molecule has 1 atom stereocenters. The van der Waals surface area contributed by atoms with Crippen molar-refractivity contribution in [3.63, 3.8) is 0 Å². The smallest absolute Gasteiger partial charge is 0.320 e. The monoisotopic (exact) mass is 157 g/mol. The van der Waals surface area contributed by atoms with Gasteiger partial charge in [-0.05, 0) is 26.2 Å². The van der Waals surface area contributed by atoms with Gasteiger partial charge in [0.05, 0.1) is 0 Å². The van der Waals surface area contributed by atoms with E-state index < -0.39 is 12.0 Å². The predicted octanol–water partition coefficient (Wildman–Crippen LogP) is 1.14. The summed E-state index contributed by atoms with van der Waals surface area (Å²) in [6, 6.07) is -0.694. The highest BCUT2D eigenvalue weighted by Gasteiger charge is 2.08. The highest BCUT2D eigenvalue weighted by molar-refractivity contribution is 5.72. The maximum absolute atomic E-state index is 10.2. The van der Waals surface area contributed by atoms with Crippen LogP contribution in [-0.2, 0) is 4.79 Å². The number of allylic oxidation sites excluding steroid dienone is 2. The zero-order valence-corrected chi connectivity index (χ0v) is 6.79. The van der Waals surface area contributed by atoms with Gasteiger partial charge in [0.15, 0.2) is 0 Å². The Hall–Kier alpha value is -0.830. The topological polar surface area (TPSA) is 63.3 Å². The van der Waals surface area contributed by atoms with Crippen molar-refractivity contribution in [3.8, 4) is 0 Å². The molecule has 3 nitrogen and oxygen atoms in total. The zero-order valence-electron chi connectivity index (χ0n) is 6.79. The average Bonchev–Trinajstić information content (AvgIpc) is 1.97. The first-order valence-corrected chi connectivity index (χ1v) is 3.78. The SMILES string of the molecule is CC=CCCCC(N)C(=O)O. The van der Waals surface area contributed by atoms with Crippen molar-refractivity contribution in [2.24, 2.45) is 5.73 Å². The molecule has 0 radical (unpaired) electrons. The summed E-state index contributed by atoms with van der Waals surface area (Å²) in [4.78, 5) is 10.2. The van der Waals surface area contributed by atoms with Gasteiger partial charge >= 0.3 is 5.97 Å². The van der Waals surface area contributed by atoms with E-state index in [-0.39, 0.29) is 0 Å². The third-order valence-electron chi connectivity index (χ3n) is 1.44. The van der Waals surface area contributed by atoms with Crippen LogP contribution in [0.5, 0.6) is 0 Å². The van der Waals surface area contributed by atoms with Crippen LogP contribution in [-0.4, -0.2) is 17.1 Å². The molecule has 1 unspecified atom stereocenters. The van der Waals surface area contributed by atoms with E-state index >= 15 is 0 Å². The molecule has 0 fully saturated rings. The first-order valence-electron chi connectivity index (χ1n) is 3.78. The molecule has 0 bridgehead atoms. The molecule has 0 aromatic rings. The van der Waals surface area contributed by atoms with Gasteiger partial charge in [-0.3, -0.25) is 4.79 Å². The van der Waals surface area contributed by atoms with Gasteiger partial charge in [-0.2, -0.15) is 0 Å². The Bertz CT molecular complexity index is 143. The Morgan fingerprint density at radius 2 is 2.36 bits per heavy atom. The number of hydrogen-bond donors (Lipinski definition) is 2. The van der Waals surface area contributed by atoms with E-state index in [0.717, 1.165) is 12.8 Å². The van der Waals surface area contributed by atoms with Crippen LogP contribution >= 0.6 is 0 Å². The second-order valence-electron chi connectivity index (χ2n) is 2.44. The van der Waals surface area contributed by atoms with Gasteiger partial charge in [0.2, 0.25) is 0 Å². The highest BCUT2D eigenvalue weighted by Crippen LogP contribution is 1.99. The lowest BCUT2D eigenvalue weighted by Crippen LogP contribution is -2.29. The van der Waals surface area contributed by atoms with Gasteiger partial charge in [-0.25, -0.2) is 0 Å². The van der Waals surface area contributed by atoms with Crippen molar-refractivity contribution in [2.45, 2.75) is 32.2 Å². The van der Waals surface area contributed by atoms with Gasteiger partial charge in [-0.15, -0.1) is 0 Å². The fourth-order valence-electron chi connectivity index (χ4n) is 0.746. The van der Waals surface area contributed by atoms with Crippen molar-refractivity contribution < 1.29 is 9.90 Å². The summed E-state index contributed by atoms with van der Waals surface area (Å²) < 4.78 is 0. The Kier molecular flexibility index (Phi) is 5.47. The molecule has 3 heteroatoms. The Morgan fingerprint density at radius 1 is 1.73 bits per heavy atom. The molecular weight excluding hydrogens is 142 g/mol. The standard InChI is InChI=1S/C8H15NO2/c1-2-3-4-5-6-7(9)8(10)11/h2-3,7H,4-6,9H2,1H3,(H,10,11). The van der Waals surface area contributed by atoms with Crippen molar-refractivity contribution in [3.05, 3.63) is 12.2 Å². The molecule has 0 rings (SSSR count). The molecule has 11 heavy (non-hydrogen) atoms. The van der Waals surface area contributed by atoms with Crippen molar-refractivity contribution in [2.75, 3.05) is 0 Å². The van der Waals surface area contributed by atoms with E-state index in [1.54, 1.807) is 0 Å². The minimum Gasteiger partial charge on any atom is -0.480 e. The summed E-state index contributed by atoms with van der Waals surface area (Å²) in [5.41, 5.74) is 5.28. The number of unbranched alkanes of at least 4 members (excludes halogenated alkanes) is 1. The number of aliphatic carboxylic acids is 1. The molecule has 0 amide bonds. The molecule has 0 heterocycles. The fraction of sp³-hybridized carbons (Fsp3) is 0.625. The minimum absolute atomic E-state index is 0.555. The molecular formula is C8H15NO2. The molecule has 0 spiro atoms. The number of carboxylic acid groups (broad SMARTS) is 1. The Labute approximate surface area is 66.9 Å². The predicted molar refractivity (Wildman–Crippen MR) is 44.3 cm³/mol. The van der Waals surface area contributed by atoms with Gasteiger partial charge in [0, 0.05) is 0 Å². The first kappa shape index (κ1) is 10.2. The maximum atomic E-state index is 10.2. The molecule has 3 N–H and O–H groups in total. The van der Waals surface area contributed by atoms with Crippen LogP contribution in [0.3, 0.4) is 0 Å². The van der Waals surface area contributed by atoms with E-state index in [4.69, 9.17) is 10.8 Å². The zero-order chi connectivity index (χ0) is 8.69. The number of nitrogens with two attached hydrogens (primary N) is 1. The van der Waals surface area contributed by atoms with Crippen molar-refractivity contribution in [1.29, 1.82) is 0 Å². The normalized spacial score (nSPS) is 13.6. The summed E-state index contributed by atoms with van der Waals surface area (Å²) in [6.45, 7) is 1.94. The van der Waals surface area contributed by atoms with E-state index in [1.807, 2.05) is 19.1 Å². The van der Waals surface area contributed by atoms with Crippen LogP contribution in [0.15, 0.2) is 12.2 Å². The summed E-state index contributed by atoms with van der Waals surface area (Å²) in [7, 11) is 0. The Balaban J connectivity index is 3.31. The molecule has 0 aliphatic carbocycles. The van der Waals surface area contributed by atoms with Crippen molar-refractivity contribution >= 4 is 5.97 Å². The summed E-state index contributed by atoms with van der Waals surface area (Å²) in [5, 5.41) is 8.40. The molecule has 0 aliphatic heterocycles. The average molecular weight is 157 g/mol. The van der Waals surface area contributed by atoms with Crippen LogP contribution in [0.4, 0.5) is 0 Å². The second-order valence-corrected chi connectivity index (χ2v) is 2.44. The van der Waals surface area contributed by atoms with Crippen LogP contribution in [0.25, 0.3) is 0 Å². The lowest BCUT2D eigenvalue weighted by Gasteiger charge is -2.02. The molecule has 0 saturated carbocycles. The number of rotatable bonds is 5.